The number of carbonyl (C=O) groups excluding carboxylic acids is 1. The van der Waals surface area contributed by atoms with Gasteiger partial charge in [0.2, 0.25) is 5.91 Å². The molecule has 3 rings (SSSR count). The summed E-state index contributed by atoms with van der Waals surface area (Å²) in [7, 11) is -3.37. The molecule has 2 unspecified atom stereocenters. The lowest BCUT2D eigenvalue weighted by molar-refractivity contribution is -0.121. The summed E-state index contributed by atoms with van der Waals surface area (Å²) in [6.45, 7) is 3.61. The van der Waals surface area contributed by atoms with Crippen LogP contribution in [-0.4, -0.2) is 25.3 Å². The highest BCUT2D eigenvalue weighted by Gasteiger charge is 2.34. The quantitative estimate of drug-likeness (QED) is 0.577. The number of rotatable bonds is 9. The van der Waals surface area contributed by atoms with Gasteiger partial charge in [-0.1, -0.05) is 31.2 Å². The summed E-state index contributed by atoms with van der Waals surface area (Å²) in [4.78, 5) is 13.7. The van der Waals surface area contributed by atoms with Crippen molar-refractivity contribution < 1.29 is 17.6 Å². The first-order valence-corrected chi connectivity index (χ1v) is 12.4. The molecule has 0 spiro atoms. The number of hydrogen-bond donors (Lipinski definition) is 1. The molecule has 2 atom stereocenters. The lowest BCUT2D eigenvalue weighted by Crippen LogP contribution is -2.35. The smallest absolute Gasteiger partial charge is 0.233 e. The molecule has 2 aromatic carbocycles. The first kappa shape index (κ1) is 21.8. The fourth-order valence-corrected chi connectivity index (χ4v) is 6.11. The number of sulfone groups is 1. The Labute approximate surface area is 176 Å². The van der Waals surface area contributed by atoms with Gasteiger partial charge in [-0.25, -0.2) is 12.8 Å². The van der Waals surface area contributed by atoms with Crippen LogP contribution in [0.1, 0.15) is 44.7 Å². The molecule has 0 aliphatic heterocycles. The lowest BCUT2D eigenvalue weighted by Gasteiger charge is -2.22. The summed E-state index contributed by atoms with van der Waals surface area (Å²) in [5.41, 5.74) is 0.894. The van der Waals surface area contributed by atoms with E-state index in [1.54, 1.807) is 43.3 Å². The predicted molar refractivity (Wildman–Crippen MR) is 114 cm³/mol. The summed E-state index contributed by atoms with van der Waals surface area (Å²) in [6.07, 6.45) is 2.60. The van der Waals surface area contributed by atoms with E-state index in [0.29, 0.717) is 17.2 Å². The molecule has 156 valence electrons. The summed E-state index contributed by atoms with van der Waals surface area (Å²) in [5.74, 6) is -0.0133. The monoisotopic (exact) mass is 435 g/mol. The van der Waals surface area contributed by atoms with Gasteiger partial charge >= 0.3 is 0 Å². The van der Waals surface area contributed by atoms with Crippen molar-refractivity contribution in [2.75, 3.05) is 5.75 Å². The molecule has 0 saturated heterocycles. The molecular formula is C22H26FNO3S2. The van der Waals surface area contributed by atoms with Crippen molar-refractivity contribution in [3.05, 3.63) is 59.9 Å². The Morgan fingerprint density at radius 1 is 1.17 bits per heavy atom. The Bertz CT molecular complexity index is 956. The van der Waals surface area contributed by atoms with Crippen molar-refractivity contribution in [2.45, 2.75) is 54.2 Å². The second kappa shape index (κ2) is 9.30. The Morgan fingerprint density at radius 2 is 1.83 bits per heavy atom. The van der Waals surface area contributed by atoms with Gasteiger partial charge in [0.15, 0.2) is 9.84 Å². The van der Waals surface area contributed by atoms with Crippen molar-refractivity contribution in [1.82, 2.24) is 5.32 Å². The molecule has 1 aliphatic rings. The zero-order valence-electron chi connectivity index (χ0n) is 16.6. The SMILES string of the molecule is CCCS(=O)(=O)c1ccccc1SC(C)C(=O)NC(c1ccc(F)cc1)C1CC1. The fraction of sp³-hybridized carbons (Fsp3) is 0.409. The summed E-state index contributed by atoms with van der Waals surface area (Å²) < 4.78 is 38.3. The summed E-state index contributed by atoms with van der Waals surface area (Å²) in [5, 5.41) is 2.62. The lowest BCUT2D eigenvalue weighted by atomic mass is 10.0. The van der Waals surface area contributed by atoms with Crippen molar-refractivity contribution in [2.24, 2.45) is 5.92 Å². The number of hydrogen-bond acceptors (Lipinski definition) is 4. The largest absolute Gasteiger partial charge is 0.348 e. The van der Waals surface area contributed by atoms with E-state index in [-0.39, 0.29) is 28.4 Å². The van der Waals surface area contributed by atoms with E-state index < -0.39 is 15.1 Å². The van der Waals surface area contributed by atoms with E-state index in [2.05, 4.69) is 5.32 Å². The van der Waals surface area contributed by atoms with Crippen molar-refractivity contribution in [3.63, 3.8) is 0 Å². The number of nitrogens with one attached hydrogen (secondary N) is 1. The van der Waals surface area contributed by atoms with Crippen LogP contribution in [0.2, 0.25) is 0 Å². The average molecular weight is 436 g/mol. The summed E-state index contributed by atoms with van der Waals surface area (Å²) >= 11 is 1.25. The second-order valence-corrected chi connectivity index (χ2v) is 10.9. The average Bonchev–Trinajstić information content (AvgIpc) is 3.52. The minimum absolute atomic E-state index is 0.0828. The highest BCUT2D eigenvalue weighted by Crippen LogP contribution is 2.41. The number of benzene rings is 2. The molecular weight excluding hydrogens is 409 g/mol. The molecule has 1 fully saturated rings. The second-order valence-electron chi connectivity index (χ2n) is 7.40. The van der Waals surface area contributed by atoms with E-state index in [4.69, 9.17) is 0 Å². The maximum atomic E-state index is 13.2. The van der Waals surface area contributed by atoms with Gasteiger partial charge in [-0.3, -0.25) is 4.79 Å². The Balaban J connectivity index is 1.73. The molecule has 0 bridgehead atoms. The molecule has 1 saturated carbocycles. The van der Waals surface area contributed by atoms with E-state index in [1.807, 2.05) is 6.92 Å². The normalized spacial score (nSPS) is 16.2. The van der Waals surface area contributed by atoms with Crippen LogP contribution in [-0.2, 0) is 14.6 Å². The third kappa shape index (κ3) is 5.60. The van der Waals surface area contributed by atoms with Crippen molar-refractivity contribution >= 4 is 27.5 Å². The summed E-state index contributed by atoms with van der Waals surface area (Å²) in [6, 6.07) is 12.9. The molecule has 1 N–H and O–H groups in total. The van der Waals surface area contributed by atoms with Crippen LogP contribution in [0.25, 0.3) is 0 Å². The van der Waals surface area contributed by atoms with Gasteiger partial charge in [0.1, 0.15) is 5.82 Å². The van der Waals surface area contributed by atoms with Crippen LogP contribution in [0.3, 0.4) is 0 Å². The maximum absolute atomic E-state index is 13.2. The van der Waals surface area contributed by atoms with Crippen LogP contribution < -0.4 is 5.32 Å². The Morgan fingerprint density at radius 3 is 2.45 bits per heavy atom. The van der Waals surface area contributed by atoms with Crippen molar-refractivity contribution in [1.29, 1.82) is 0 Å². The van der Waals surface area contributed by atoms with Gasteiger partial charge in [-0.15, -0.1) is 11.8 Å². The van der Waals surface area contributed by atoms with Crippen LogP contribution in [0.15, 0.2) is 58.3 Å². The highest BCUT2D eigenvalue weighted by atomic mass is 32.2. The number of thioether (sulfide) groups is 1. The predicted octanol–water partition coefficient (Wildman–Crippen LogP) is 4.76. The van der Waals surface area contributed by atoms with Crippen LogP contribution >= 0.6 is 11.8 Å². The standard InChI is InChI=1S/C22H26FNO3S2/c1-3-14-29(26,27)20-7-5-4-6-19(20)28-15(2)22(25)24-21(16-8-9-16)17-10-12-18(23)13-11-17/h4-7,10-13,15-16,21H,3,8-9,14H2,1-2H3,(H,24,25). The number of halogens is 1. The van der Waals surface area contributed by atoms with E-state index in [1.165, 1.54) is 23.9 Å². The molecule has 1 aliphatic carbocycles. The van der Waals surface area contributed by atoms with Crippen LogP contribution in [0.5, 0.6) is 0 Å². The Hall–Kier alpha value is -1.86. The topological polar surface area (TPSA) is 63.2 Å². The molecule has 7 heteroatoms. The highest BCUT2D eigenvalue weighted by molar-refractivity contribution is 8.01. The van der Waals surface area contributed by atoms with Gasteiger partial charge in [0.05, 0.1) is 21.9 Å². The maximum Gasteiger partial charge on any atom is 0.233 e. The van der Waals surface area contributed by atoms with Gasteiger partial charge in [0, 0.05) is 4.90 Å². The molecule has 1 amide bonds. The fourth-order valence-electron chi connectivity index (χ4n) is 3.27. The third-order valence-electron chi connectivity index (χ3n) is 4.95. The minimum atomic E-state index is -3.37. The van der Waals surface area contributed by atoms with E-state index in [0.717, 1.165) is 18.4 Å². The van der Waals surface area contributed by atoms with Gasteiger partial charge in [-0.2, -0.15) is 0 Å². The zero-order valence-corrected chi connectivity index (χ0v) is 18.2. The molecule has 0 radical (unpaired) electrons. The van der Waals surface area contributed by atoms with Crippen LogP contribution in [0.4, 0.5) is 4.39 Å². The van der Waals surface area contributed by atoms with Crippen LogP contribution in [0, 0.1) is 11.7 Å². The first-order chi connectivity index (χ1) is 13.8. The van der Waals surface area contributed by atoms with E-state index >= 15 is 0 Å². The number of amides is 1. The molecule has 0 aromatic heterocycles. The van der Waals surface area contributed by atoms with Crippen molar-refractivity contribution in [3.8, 4) is 0 Å². The molecule has 4 nitrogen and oxygen atoms in total. The molecule has 2 aromatic rings. The number of carbonyl (C=O) groups is 1. The third-order valence-corrected chi connectivity index (χ3v) is 8.23. The molecule has 0 heterocycles. The zero-order chi connectivity index (χ0) is 21.0. The van der Waals surface area contributed by atoms with Gasteiger partial charge < -0.3 is 5.32 Å². The van der Waals surface area contributed by atoms with Gasteiger partial charge in [0.25, 0.3) is 0 Å². The van der Waals surface area contributed by atoms with E-state index in [9.17, 15) is 17.6 Å². The Kier molecular flexibility index (Phi) is 7.01. The van der Waals surface area contributed by atoms with Gasteiger partial charge in [-0.05, 0) is 61.9 Å². The minimum Gasteiger partial charge on any atom is -0.348 e. The molecule has 29 heavy (non-hydrogen) atoms. The first-order valence-electron chi connectivity index (χ1n) is 9.86.